The lowest BCUT2D eigenvalue weighted by Crippen LogP contribution is -1.99. The van der Waals surface area contributed by atoms with Gasteiger partial charge >= 0.3 is 0 Å². The summed E-state index contributed by atoms with van der Waals surface area (Å²) < 4.78 is 0. The van der Waals surface area contributed by atoms with E-state index in [0.717, 1.165) is 0 Å². The monoisotopic (exact) mass is 141 g/mol. The van der Waals surface area contributed by atoms with Gasteiger partial charge in [0.2, 0.25) is 0 Å². The summed E-state index contributed by atoms with van der Waals surface area (Å²) in [5.41, 5.74) is 0. The maximum Gasteiger partial charge on any atom is 0.255 e. The molecule has 0 heterocycles. The molecule has 0 saturated heterocycles. The van der Waals surface area contributed by atoms with Crippen LogP contribution in [0.4, 0.5) is 0 Å². The van der Waals surface area contributed by atoms with Crippen LogP contribution < -0.4 is 0 Å². The highest BCUT2D eigenvalue weighted by Crippen LogP contribution is 1.48. The second-order valence-electron chi connectivity index (χ2n) is 1.46. The maximum absolute atomic E-state index is 7.47. The summed E-state index contributed by atoms with van der Waals surface area (Å²) in [6.07, 6.45) is 0. The van der Waals surface area contributed by atoms with Gasteiger partial charge in [-0.15, -0.1) is 11.1 Å². The van der Waals surface area contributed by atoms with Crippen molar-refractivity contribution in [2.75, 3.05) is 21.1 Å². The average Bonchev–Trinajstić information content (AvgIpc) is 1.33. The van der Waals surface area contributed by atoms with Crippen LogP contribution in [0.2, 0.25) is 0 Å². The standard InChI is InChI=1S/C3H9N.ClH3OSi/c1-4(2)3;1-3-2/h1-3H3;2H,3H2. The molecule has 0 saturated carbocycles. The quantitative estimate of drug-likeness (QED) is 0.360. The first-order valence-electron chi connectivity index (χ1n) is 1.93. The molecule has 0 aromatic carbocycles. The fourth-order valence-corrected chi connectivity index (χ4v) is 0. The molecule has 1 N–H and O–H groups in total. The number of hydrogen-bond acceptors (Lipinski definition) is 2. The molecule has 0 amide bonds. The second-order valence-corrected chi connectivity index (χ2v) is 2.42. The molecule has 0 bridgehead atoms. The Morgan fingerprint density at radius 3 is 1.43 bits per heavy atom. The Labute approximate surface area is 51.7 Å². The molecule has 0 aliphatic carbocycles. The normalized spacial score (nSPS) is 9.43. The van der Waals surface area contributed by atoms with E-state index in [1.54, 1.807) is 0 Å². The Morgan fingerprint density at radius 2 is 1.43 bits per heavy atom. The van der Waals surface area contributed by atoms with Crippen molar-refractivity contribution >= 4 is 20.2 Å². The summed E-state index contributed by atoms with van der Waals surface area (Å²) in [5.74, 6) is 0. The fourth-order valence-electron chi connectivity index (χ4n) is 0. The molecule has 0 aromatic heterocycles. The predicted octanol–water partition coefficient (Wildman–Crippen LogP) is -0.606. The zero-order valence-corrected chi connectivity index (χ0v) is 7.15. The van der Waals surface area contributed by atoms with Gasteiger partial charge in [0.05, 0.1) is 0 Å². The van der Waals surface area contributed by atoms with Crippen LogP contribution in [0.5, 0.6) is 0 Å². The van der Waals surface area contributed by atoms with Crippen molar-refractivity contribution in [3.63, 3.8) is 0 Å². The lowest BCUT2D eigenvalue weighted by Gasteiger charge is -1.90. The van der Waals surface area contributed by atoms with Crippen molar-refractivity contribution in [1.82, 2.24) is 4.90 Å². The minimum Gasteiger partial charge on any atom is -0.424 e. The van der Waals surface area contributed by atoms with Gasteiger partial charge in [0.1, 0.15) is 0 Å². The van der Waals surface area contributed by atoms with Crippen LogP contribution in [0.25, 0.3) is 0 Å². The van der Waals surface area contributed by atoms with Gasteiger partial charge in [0.15, 0.2) is 0 Å². The lowest BCUT2D eigenvalue weighted by molar-refractivity contribution is 0.505. The fraction of sp³-hybridized carbons (Fsp3) is 1.00. The first-order chi connectivity index (χ1) is 3.15. The largest absolute Gasteiger partial charge is 0.424 e. The van der Waals surface area contributed by atoms with Gasteiger partial charge in [-0.3, -0.25) is 0 Å². The van der Waals surface area contributed by atoms with Crippen LogP contribution in [0, 0.1) is 0 Å². The van der Waals surface area contributed by atoms with E-state index in [0.29, 0.717) is 0 Å². The Kier molecular flexibility index (Phi) is 14.4. The molecule has 0 spiro atoms. The van der Waals surface area contributed by atoms with E-state index in [1.807, 2.05) is 26.0 Å². The molecule has 0 rings (SSSR count). The second kappa shape index (κ2) is 9.66. The van der Waals surface area contributed by atoms with E-state index < -0.39 is 9.07 Å². The number of rotatable bonds is 0. The summed E-state index contributed by atoms with van der Waals surface area (Å²) in [6, 6.07) is 0. The summed E-state index contributed by atoms with van der Waals surface area (Å²) in [7, 11) is 4.89. The van der Waals surface area contributed by atoms with E-state index in [1.165, 1.54) is 0 Å². The Balaban J connectivity index is 0. The molecule has 0 aromatic rings. The van der Waals surface area contributed by atoms with Crippen LogP contribution in [-0.4, -0.2) is 39.9 Å². The highest BCUT2D eigenvalue weighted by Gasteiger charge is 1.58. The molecular weight excluding hydrogens is 130 g/mol. The molecule has 7 heavy (non-hydrogen) atoms. The summed E-state index contributed by atoms with van der Waals surface area (Å²) >= 11 is 4.69. The highest BCUT2D eigenvalue weighted by atomic mass is 35.6. The van der Waals surface area contributed by atoms with Crippen molar-refractivity contribution in [2.24, 2.45) is 0 Å². The van der Waals surface area contributed by atoms with E-state index in [4.69, 9.17) is 15.9 Å². The van der Waals surface area contributed by atoms with Gasteiger partial charge in [-0.1, -0.05) is 0 Å². The van der Waals surface area contributed by atoms with Gasteiger partial charge in [-0.05, 0) is 21.1 Å². The van der Waals surface area contributed by atoms with Crippen molar-refractivity contribution in [1.29, 1.82) is 0 Å². The smallest absolute Gasteiger partial charge is 0.255 e. The van der Waals surface area contributed by atoms with E-state index >= 15 is 0 Å². The molecule has 0 atom stereocenters. The summed E-state index contributed by atoms with van der Waals surface area (Å²) in [4.78, 5) is 9.47. The molecule has 0 radical (unpaired) electrons. The minimum atomic E-state index is -1.11. The van der Waals surface area contributed by atoms with Gasteiger partial charge in [-0.2, -0.15) is 0 Å². The summed E-state index contributed by atoms with van der Waals surface area (Å²) in [5, 5.41) is 0. The highest BCUT2D eigenvalue weighted by molar-refractivity contribution is 6.89. The number of halogens is 1. The Bertz CT molecular complexity index is 26.1. The van der Waals surface area contributed by atoms with Gasteiger partial charge in [0.25, 0.3) is 9.07 Å². The first kappa shape index (κ1) is 10.4. The van der Waals surface area contributed by atoms with Crippen LogP contribution in [-0.2, 0) is 0 Å². The SMILES string of the molecule is CN(C)C.O[SiH2]Cl. The van der Waals surface area contributed by atoms with Gasteiger partial charge in [-0.25, -0.2) is 0 Å². The average molecular weight is 142 g/mol. The van der Waals surface area contributed by atoms with Crippen LogP contribution >= 0.6 is 11.1 Å². The molecular formula is C3H12ClNOSi. The molecule has 0 aliphatic rings. The lowest BCUT2D eigenvalue weighted by atomic mass is 11.0. The molecule has 4 heteroatoms. The molecule has 0 aliphatic heterocycles. The van der Waals surface area contributed by atoms with Gasteiger partial charge < -0.3 is 9.70 Å². The van der Waals surface area contributed by atoms with Crippen LogP contribution in [0.1, 0.15) is 0 Å². The van der Waals surface area contributed by atoms with Crippen molar-refractivity contribution < 1.29 is 4.80 Å². The van der Waals surface area contributed by atoms with E-state index in [9.17, 15) is 0 Å². The molecule has 46 valence electrons. The third kappa shape index (κ3) is 691. The van der Waals surface area contributed by atoms with E-state index in [2.05, 4.69) is 0 Å². The third-order valence-corrected chi connectivity index (χ3v) is 0. The Morgan fingerprint density at radius 1 is 1.43 bits per heavy atom. The maximum atomic E-state index is 7.47. The predicted molar refractivity (Wildman–Crippen MR) is 36.2 cm³/mol. The van der Waals surface area contributed by atoms with Crippen LogP contribution in [0.3, 0.4) is 0 Å². The van der Waals surface area contributed by atoms with E-state index in [-0.39, 0.29) is 0 Å². The number of hydrogen-bond donors (Lipinski definition) is 1. The molecule has 0 unspecified atom stereocenters. The van der Waals surface area contributed by atoms with Crippen molar-refractivity contribution in [3.8, 4) is 0 Å². The number of nitrogens with zero attached hydrogens (tertiary/aromatic N) is 1. The summed E-state index contributed by atoms with van der Waals surface area (Å²) in [6.45, 7) is 0. The van der Waals surface area contributed by atoms with Crippen molar-refractivity contribution in [2.45, 2.75) is 0 Å². The van der Waals surface area contributed by atoms with Crippen molar-refractivity contribution in [3.05, 3.63) is 0 Å². The Hall–Kier alpha value is 0.427. The third-order valence-electron chi connectivity index (χ3n) is 0. The van der Waals surface area contributed by atoms with Crippen LogP contribution in [0.15, 0.2) is 0 Å². The topological polar surface area (TPSA) is 23.5 Å². The zero-order chi connectivity index (χ0) is 6.28. The first-order valence-corrected chi connectivity index (χ1v) is 4.70. The van der Waals surface area contributed by atoms with Gasteiger partial charge in [0, 0.05) is 0 Å². The molecule has 0 fully saturated rings. The zero-order valence-electron chi connectivity index (χ0n) is 4.98. The minimum absolute atomic E-state index is 1.11. The molecule has 2 nitrogen and oxygen atoms in total.